The first-order valence-electron chi connectivity index (χ1n) is 8.01. The Balaban J connectivity index is 1.63. The third-order valence-electron chi connectivity index (χ3n) is 4.50. The maximum absolute atomic E-state index is 12.3. The van der Waals surface area contributed by atoms with Gasteiger partial charge in [-0.15, -0.1) is 0 Å². The highest BCUT2D eigenvalue weighted by atomic mass is 32.2. The number of unbranched alkanes of at least 4 members (excludes halogenated alkanes) is 1. The van der Waals surface area contributed by atoms with Crippen LogP contribution >= 0.6 is 11.8 Å². The maximum Gasteiger partial charge on any atom is 0.318 e. The van der Waals surface area contributed by atoms with Crippen molar-refractivity contribution < 1.29 is 9.53 Å². The molecule has 2 aliphatic rings. The second kappa shape index (κ2) is 7.38. The number of carbonyl (C=O) groups is 1. The van der Waals surface area contributed by atoms with Crippen molar-refractivity contribution in [2.75, 3.05) is 19.5 Å². The van der Waals surface area contributed by atoms with Crippen molar-refractivity contribution in [3.8, 4) is 0 Å². The average molecular weight is 320 g/mol. The van der Waals surface area contributed by atoms with Gasteiger partial charge in [-0.05, 0) is 24.8 Å². The van der Waals surface area contributed by atoms with Gasteiger partial charge in [-0.2, -0.15) is 11.8 Å². The zero-order valence-electron chi connectivity index (χ0n) is 13.0. The van der Waals surface area contributed by atoms with Crippen LogP contribution < -0.4 is 5.32 Å². The van der Waals surface area contributed by atoms with Gasteiger partial charge in [0.05, 0.1) is 12.1 Å². The van der Waals surface area contributed by atoms with E-state index in [9.17, 15) is 4.79 Å². The van der Waals surface area contributed by atoms with Crippen molar-refractivity contribution in [3.63, 3.8) is 0 Å². The Bertz CT molecular complexity index is 497. The molecule has 2 saturated heterocycles. The molecule has 0 aromatic heterocycles. The van der Waals surface area contributed by atoms with Gasteiger partial charge in [0.2, 0.25) is 0 Å². The zero-order chi connectivity index (χ0) is 15.4. The molecule has 0 spiro atoms. The molecule has 1 N–H and O–H groups in total. The molecular weight excluding hydrogens is 296 g/mol. The third kappa shape index (κ3) is 3.41. The number of methoxy groups -OCH3 is 1. The number of carbonyl (C=O) groups excluding carboxylic acids is 1. The van der Waals surface area contributed by atoms with Gasteiger partial charge in [0.15, 0.2) is 0 Å². The Morgan fingerprint density at radius 3 is 2.91 bits per heavy atom. The van der Waals surface area contributed by atoms with Gasteiger partial charge >= 0.3 is 6.03 Å². The second-order valence-electron chi connectivity index (χ2n) is 6.02. The Morgan fingerprint density at radius 2 is 2.14 bits per heavy atom. The number of rotatable bonds is 7. The predicted molar refractivity (Wildman–Crippen MR) is 90.1 cm³/mol. The van der Waals surface area contributed by atoms with Gasteiger partial charge < -0.3 is 15.0 Å². The lowest BCUT2D eigenvalue weighted by Crippen LogP contribution is -2.40. The van der Waals surface area contributed by atoms with Crippen LogP contribution in [-0.2, 0) is 11.3 Å². The van der Waals surface area contributed by atoms with Gasteiger partial charge in [-0.25, -0.2) is 4.79 Å². The van der Waals surface area contributed by atoms with E-state index in [-0.39, 0.29) is 6.03 Å². The fourth-order valence-corrected chi connectivity index (χ4v) is 5.01. The molecule has 0 aliphatic carbocycles. The van der Waals surface area contributed by atoms with Crippen LogP contribution in [0.3, 0.4) is 0 Å². The van der Waals surface area contributed by atoms with E-state index in [1.165, 1.54) is 12.0 Å². The number of ether oxygens (including phenoxy) is 1. The summed E-state index contributed by atoms with van der Waals surface area (Å²) in [7, 11) is 1.75. The van der Waals surface area contributed by atoms with Crippen molar-refractivity contribution in [1.29, 1.82) is 0 Å². The van der Waals surface area contributed by atoms with Crippen LogP contribution in [0.15, 0.2) is 30.3 Å². The highest BCUT2D eigenvalue weighted by Gasteiger charge is 2.47. The van der Waals surface area contributed by atoms with Crippen LogP contribution in [0.1, 0.15) is 24.8 Å². The van der Waals surface area contributed by atoms with Crippen LogP contribution in [0.2, 0.25) is 0 Å². The fourth-order valence-electron chi connectivity index (χ4n) is 3.41. The number of amides is 2. The maximum atomic E-state index is 12.3. The molecule has 0 bridgehead atoms. The summed E-state index contributed by atoms with van der Waals surface area (Å²) in [5.74, 6) is 1.04. The quantitative estimate of drug-likeness (QED) is 0.620. The molecule has 2 amide bonds. The normalized spacial score (nSPS) is 27.0. The van der Waals surface area contributed by atoms with Crippen molar-refractivity contribution in [2.24, 2.45) is 0 Å². The van der Waals surface area contributed by atoms with E-state index < -0.39 is 0 Å². The largest absolute Gasteiger partial charge is 0.385 e. The lowest BCUT2D eigenvalue weighted by atomic mass is 10.0. The smallest absolute Gasteiger partial charge is 0.318 e. The molecule has 2 heterocycles. The minimum Gasteiger partial charge on any atom is -0.385 e. The summed E-state index contributed by atoms with van der Waals surface area (Å²) in [4.78, 5) is 14.3. The first kappa shape index (κ1) is 15.7. The van der Waals surface area contributed by atoms with E-state index in [1.54, 1.807) is 7.11 Å². The van der Waals surface area contributed by atoms with Crippen molar-refractivity contribution in [1.82, 2.24) is 10.2 Å². The zero-order valence-corrected chi connectivity index (χ0v) is 13.8. The number of urea groups is 1. The van der Waals surface area contributed by atoms with Gasteiger partial charge in [0, 0.05) is 31.3 Å². The molecule has 4 nitrogen and oxygen atoms in total. The summed E-state index contributed by atoms with van der Waals surface area (Å²) in [5, 5.41) is 3.71. The van der Waals surface area contributed by atoms with E-state index >= 15 is 0 Å². The lowest BCUT2D eigenvalue weighted by molar-refractivity contribution is 0.187. The Morgan fingerprint density at radius 1 is 1.32 bits per heavy atom. The van der Waals surface area contributed by atoms with E-state index in [1.807, 2.05) is 34.9 Å². The molecule has 3 unspecified atom stereocenters. The summed E-state index contributed by atoms with van der Waals surface area (Å²) >= 11 is 2.01. The van der Waals surface area contributed by atoms with Crippen molar-refractivity contribution in [3.05, 3.63) is 35.9 Å². The lowest BCUT2D eigenvalue weighted by Gasteiger charge is -2.27. The minimum atomic E-state index is 0.0982. The predicted octanol–water partition coefficient (Wildman–Crippen LogP) is 2.88. The van der Waals surface area contributed by atoms with E-state index in [0.29, 0.717) is 23.9 Å². The van der Waals surface area contributed by atoms with Gasteiger partial charge in [0.25, 0.3) is 0 Å². The fraction of sp³-hybridized carbons (Fsp3) is 0.588. The van der Waals surface area contributed by atoms with Crippen molar-refractivity contribution in [2.45, 2.75) is 43.1 Å². The number of hydrogen-bond acceptors (Lipinski definition) is 3. The molecule has 22 heavy (non-hydrogen) atoms. The first-order valence-corrected chi connectivity index (χ1v) is 9.06. The topological polar surface area (TPSA) is 41.6 Å². The number of benzene rings is 1. The van der Waals surface area contributed by atoms with E-state index in [2.05, 4.69) is 17.4 Å². The van der Waals surface area contributed by atoms with Crippen LogP contribution in [-0.4, -0.2) is 47.7 Å². The third-order valence-corrected chi connectivity index (χ3v) is 5.99. The molecule has 120 valence electrons. The molecule has 1 aromatic carbocycles. The SMILES string of the molecule is COCCCCC1SCC2NC(=O)N(Cc3ccccc3)C21. The van der Waals surface area contributed by atoms with Gasteiger partial charge in [0.1, 0.15) is 0 Å². The Labute approximate surface area is 136 Å². The van der Waals surface area contributed by atoms with Crippen molar-refractivity contribution >= 4 is 17.8 Å². The molecule has 1 aromatic rings. The summed E-state index contributed by atoms with van der Waals surface area (Å²) in [6.45, 7) is 1.54. The highest BCUT2D eigenvalue weighted by Crippen LogP contribution is 2.38. The van der Waals surface area contributed by atoms with Gasteiger partial charge in [-0.3, -0.25) is 0 Å². The monoisotopic (exact) mass is 320 g/mol. The summed E-state index contributed by atoms with van der Waals surface area (Å²) in [6, 6.07) is 11.0. The van der Waals surface area contributed by atoms with Crippen LogP contribution in [0.25, 0.3) is 0 Å². The molecule has 3 atom stereocenters. The average Bonchev–Trinajstić information content (AvgIpc) is 3.05. The van der Waals surface area contributed by atoms with Crippen LogP contribution in [0, 0.1) is 0 Å². The molecule has 0 saturated carbocycles. The Kier molecular flexibility index (Phi) is 5.26. The van der Waals surface area contributed by atoms with Crippen LogP contribution in [0.4, 0.5) is 4.79 Å². The van der Waals surface area contributed by atoms with E-state index in [4.69, 9.17) is 4.74 Å². The first-order chi connectivity index (χ1) is 10.8. The Hall–Kier alpha value is -1.20. The van der Waals surface area contributed by atoms with Crippen LogP contribution in [0.5, 0.6) is 0 Å². The molecular formula is C17H24N2O2S. The summed E-state index contributed by atoms with van der Waals surface area (Å²) in [5.41, 5.74) is 1.20. The molecule has 2 fully saturated rings. The summed E-state index contributed by atoms with van der Waals surface area (Å²) < 4.78 is 5.13. The molecule has 2 aliphatic heterocycles. The standard InChI is InChI=1S/C17H24N2O2S/c1-21-10-6-5-9-15-16-14(12-22-15)18-17(20)19(16)11-13-7-3-2-4-8-13/h2-4,7-8,14-16H,5-6,9-12H2,1H3,(H,18,20). The van der Waals surface area contributed by atoms with Gasteiger partial charge in [-0.1, -0.05) is 30.3 Å². The number of fused-ring (bicyclic) bond motifs is 1. The van der Waals surface area contributed by atoms with E-state index in [0.717, 1.165) is 25.2 Å². The number of nitrogens with one attached hydrogen (secondary N) is 1. The molecule has 3 rings (SSSR count). The molecule has 5 heteroatoms. The number of hydrogen-bond donors (Lipinski definition) is 1. The number of nitrogens with zero attached hydrogens (tertiary/aromatic N) is 1. The number of thioether (sulfide) groups is 1. The second-order valence-corrected chi connectivity index (χ2v) is 7.29. The molecule has 0 radical (unpaired) electrons. The summed E-state index contributed by atoms with van der Waals surface area (Å²) in [6.07, 6.45) is 3.43. The highest BCUT2D eigenvalue weighted by molar-refractivity contribution is 8.00. The minimum absolute atomic E-state index is 0.0982.